The summed E-state index contributed by atoms with van der Waals surface area (Å²) in [4.78, 5) is 18.5. The fourth-order valence-electron chi connectivity index (χ4n) is 3.22. The molecule has 0 bridgehead atoms. The van der Waals surface area contributed by atoms with Crippen molar-refractivity contribution in [2.75, 3.05) is 11.1 Å². The summed E-state index contributed by atoms with van der Waals surface area (Å²) in [6.07, 6.45) is -1.20. The zero-order chi connectivity index (χ0) is 22.2. The van der Waals surface area contributed by atoms with Crippen LogP contribution in [0.1, 0.15) is 37.8 Å². The number of hydrogen-bond donors (Lipinski definition) is 4. The molecule has 1 aromatic carbocycles. The van der Waals surface area contributed by atoms with Crippen LogP contribution in [0.4, 0.5) is 25.1 Å². The Morgan fingerprint density at radius 3 is 2.65 bits per heavy atom. The predicted molar refractivity (Wildman–Crippen MR) is 109 cm³/mol. The normalized spacial score (nSPS) is 13.1. The number of fused-ring (bicyclic) bond motifs is 1. The number of halogens is 3. The van der Waals surface area contributed by atoms with Gasteiger partial charge in [0.2, 0.25) is 17.7 Å². The molecule has 4 aromatic rings. The van der Waals surface area contributed by atoms with Gasteiger partial charge in [-0.05, 0) is 30.5 Å². The van der Waals surface area contributed by atoms with Gasteiger partial charge in [-0.25, -0.2) is 4.98 Å². The van der Waals surface area contributed by atoms with Crippen molar-refractivity contribution in [1.29, 1.82) is 0 Å². The van der Waals surface area contributed by atoms with Gasteiger partial charge in [0.15, 0.2) is 5.82 Å². The second-order valence-corrected chi connectivity index (χ2v) is 7.52. The summed E-state index contributed by atoms with van der Waals surface area (Å²) in [5, 5.41) is 10.8. The summed E-state index contributed by atoms with van der Waals surface area (Å²) in [6.45, 7) is 3.92. The minimum absolute atomic E-state index is 0.0105. The Labute approximate surface area is 174 Å². The van der Waals surface area contributed by atoms with Crippen LogP contribution in [0.5, 0.6) is 0 Å². The summed E-state index contributed by atoms with van der Waals surface area (Å²) in [6, 6.07) is 4.98. The van der Waals surface area contributed by atoms with Crippen LogP contribution < -0.4 is 11.1 Å². The number of rotatable bonds is 6. The van der Waals surface area contributed by atoms with Crippen LogP contribution in [0.25, 0.3) is 22.3 Å². The lowest BCUT2D eigenvalue weighted by Gasteiger charge is -2.19. The molecular formula is C19H20F3N9. The number of benzene rings is 1. The third kappa shape index (κ3) is 4.57. The number of H-pyrrole nitrogens is 2. The van der Waals surface area contributed by atoms with Crippen molar-refractivity contribution in [2.45, 2.75) is 32.5 Å². The van der Waals surface area contributed by atoms with Crippen LogP contribution in [0, 0.1) is 5.92 Å². The molecule has 162 valence electrons. The van der Waals surface area contributed by atoms with E-state index in [1.807, 2.05) is 32.0 Å². The third-order valence-corrected chi connectivity index (χ3v) is 4.60. The number of aromatic amines is 2. The number of nitrogens with one attached hydrogen (secondary N) is 3. The average molecular weight is 431 g/mol. The highest BCUT2D eigenvalue weighted by Crippen LogP contribution is 2.30. The van der Waals surface area contributed by atoms with E-state index in [1.54, 1.807) is 6.20 Å². The van der Waals surface area contributed by atoms with Gasteiger partial charge in [-0.15, -0.1) is 0 Å². The number of anilines is 2. The van der Waals surface area contributed by atoms with E-state index in [2.05, 4.69) is 40.4 Å². The number of alkyl halides is 3. The Morgan fingerprint density at radius 2 is 1.94 bits per heavy atom. The Kier molecular flexibility index (Phi) is 5.21. The van der Waals surface area contributed by atoms with Gasteiger partial charge < -0.3 is 16.0 Å². The molecule has 0 radical (unpaired) electrons. The van der Waals surface area contributed by atoms with Crippen molar-refractivity contribution >= 4 is 22.8 Å². The van der Waals surface area contributed by atoms with Gasteiger partial charge in [-0.1, -0.05) is 13.8 Å². The van der Waals surface area contributed by atoms with Crippen molar-refractivity contribution in [3.05, 3.63) is 42.1 Å². The molecule has 0 saturated heterocycles. The first kappa shape index (κ1) is 20.6. The maximum Gasteiger partial charge on any atom is 0.449 e. The van der Waals surface area contributed by atoms with E-state index in [-0.39, 0.29) is 23.5 Å². The monoisotopic (exact) mass is 431 g/mol. The van der Waals surface area contributed by atoms with Gasteiger partial charge in [0.25, 0.3) is 0 Å². The van der Waals surface area contributed by atoms with E-state index < -0.39 is 18.0 Å². The molecule has 12 heteroatoms. The van der Waals surface area contributed by atoms with E-state index in [0.29, 0.717) is 17.8 Å². The minimum atomic E-state index is -4.56. The molecule has 1 unspecified atom stereocenters. The molecule has 0 fully saturated rings. The van der Waals surface area contributed by atoms with Crippen molar-refractivity contribution in [3.8, 4) is 11.4 Å². The van der Waals surface area contributed by atoms with Crippen LogP contribution in [-0.2, 0) is 6.18 Å². The molecule has 3 aromatic heterocycles. The molecule has 0 aliphatic rings. The fraction of sp³-hybridized carbons (Fsp3) is 0.316. The SMILES string of the molecule is CC(C)CC(Nc1nc(N)nc(-c2ccc3[nH]ncc3c2)n1)c1cnc(C(F)(F)F)[nH]1. The zero-order valence-electron chi connectivity index (χ0n) is 16.7. The lowest BCUT2D eigenvalue weighted by molar-refractivity contribution is -0.144. The molecule has 0 saturated carbocycles. The van der Waals surface area contributed by atoms with Crippen molar-refractivity contribution in [1.82, 2.24) is 35.1 Å². The Hall–Kier alpha value is -3.70. The second kappa shape index (κ2) is 7.85. The first-order valence-electron chi connectivity index (χ1n) is 9.52. The Balaban J connectivity index is 1.66. The molecule has 0 spiro atoms. The van der Waals surface area contributed by atoms with E-state index >= 15 is 0 Å². The van der Waals surface area contributed by atoms with Gasteiger partial charge in [0, 0.05) is 10.9 Å². The lowest BCUT2D eigenvalue weighted by atomic mass is 10.0. The summed E-state index contributed by atoms with van der Waals surface area (Å²) in [7, 11) is 0. The molecule has 3 heterocycles. The van der Waals surface area contributed by atoms with E-state index in [0.717, 1.165) is 10.9 Å². The predicted octanol–water partition coefficient (Wildman–Crippen LogP) is 3.94. The van der Waals surface area contributed by atoms with Crippen molar-refractivity contribution < 1.29 is 13.2 Å². The molecule has 0 aliphatic heterocycles. The quantitative estimate of drug-likeness (QED) is 0.363. The number of nitrogens with two attached hydrogens (primary N) is 1. The fourth-order valence-corrected chi connectivity index (χ4v) is 3.22. The van der Waals surface area contributed by atoms with Crippen molar-refractivity contribution in [3.63, 3.8) is 0 Å². The van der Waals surface area contributed by atoms with Gasteiger partial charge in [0.1, 0.15) is 0 Å². The minimum Gasteiger partial charge on any atom is -0.368 e. The van der Waals surface area contributed by atoms with Crippen LogP contribution in [0.3, 0.4) is 0 Å². The zero-order valence-corrected chi connectivity index (χ0v) is 16.7. The molecule has 0 amide bonds. The topological polar surface area (TPSA) is 134 Å². The highest BCUT2D eigenvalue weighted by Gasteiger charge is 2.35. The van der Waals surface area contributed by atoms with Gasteiger partial charge in [-0.3, -0.25) is 5.10 Å². The van der Waals surface area contributed by atoms with E-state index in [1.165, 1.54) is 6.20 Å². The molecule has 5 N–H and O–H groups in total. The molecule has 0 aliphatic carbocycles. The maximum atomic E-state index is 13.0. The standard InChI is InChI=1S/C19H20F3N9/c1-9(2)5-13(14-8-24-16(26-14)19(20,21)22)27-18-29-15(28-17(23)30-18)10-3-4-12-11(6-10)7-25-31-12/h3-4,6-9,13H,5H2,1-2H3,(H,24,26)(H,25,31)(H3,23,27,28,29,30). The lowest BCUT2D eigenvalue weighted by Crippen LogP contribution is -2.17. The largest absolute Gasteiger partial charge is 0.449 e. The first-order chi connectivity index (χ1) is 14.7. The number of nitrogens with zero attached hydrogens (tertiary/aromatic N) is 5. The molecule has 31 heavy (non-hydrogen) atoms. The first-order valence-corrected chi connectivity index (χ1v) is 9.52. The maximum absolute atomic E-state index is 13.0. The third-order valence-electron chi connectivity index (χ3n) is 4.60. The average Bonchev–Trinajstić information content (AvgIpc) is 3.35. The molecule has 9 nitrogen and oxygen atoms in total. The second-order valence-electron chi connectivity index (χ2n) is 7.52. The number of imidazole rings is 1. The molecular weight excluding hydrogens is 411 g/mol. The van der Waals surface area contributed by atoms with E-state index in [4.69, 9.17) is 5.73 Å². The molecule has 4 rings (SSSR count). The molecule has 1 atom stereocenters. The summed E-state index contributed by atoms with van der Waals surface area (Å²) < 4.78 is 38.9. The van der Waals surface area contributed by atoms with Crippen LogP contribution in [0.15, 0.2) is 30.6 Å². The summed E-state index contributed by atoms with van der Waals surface area (Å²) in [5.41, 5.74) is 7.72. The smallest absolute Gasteiger partial charge is 0.368 e. The summed E-state index contributed by atoms with van der Waals surface area (Å²) in [5.74, 6) is -0.395. The Morgan fingerprint density at radius 1 is 1.13 bits per heavy atom. The highest BCUT2D eigenvalue weighted by atomic mass is 19.4. The van der Waals surface area contributed by atoms with Crippen LogP contribution in [-0.4, -0.2) is 35.1 Å². The van der Waals surface area contributed by atoms with Gasteiger partial charge >= 0.3 is 6.18 Å². The number of nitrogen functional groups attached to an aromatic ring is 1. The highest BCUT2D eigenvalue weighted by molar-refractivity contribution is 5.82. The number of aromatic nitrogens is 7. The van der Waals surface area contributed by atoms with Crippen LogP contribution in [0.2, 0.25) is 0 Å². The Bertz CT molecular complexity index is 1200. The van der Waals surface area contributed by atoms with E-state index in [9.17, 15) is 13.2 Å². The van der Waals surface area contributed by atoms with Crippen LogP contribution >= 0.6 is 0 Å². The van der Waals surface area contributed by atoms with Gasteiger partial charge in [-0.2, -0.15) is 33.2 Å². The van der Waals surface area contributed by atoms with Gasteiger partial charge in [0.05, 0.1) is 29.6 Å². The van der Waals surface area contributed by atoms with Crippen molar-refractivity contribution in [2.24, 2.45) is 5.92 Å². The number of hydrogen-bond acceptors (Lipinski definition) is 7. The summed E-state index contributed by atoms with van der Waals surface area (Å²) >= 11 is 0.